The molecule has 0 amide bonds. The van der Waals surface area contributed by atoms with E-state index in [4.69, 9.17) is 10.5 Å². The lowest BCUT2D eigenvalue weighted by Gasteiger charge is -2.17. The first kappa shape index (κ1) is 18.6. The molecule has 0 aliphatic carbocycles. The number of nitrogen functional groups attached to an aromatic ring is 1. The van der Waals surface area contributed by atoms with Crippen LogP contribution in [0.1, 0.15) is 17.4 Å². The molecule has 3 heterocycles. The van der Waals surface area contributed by atoms with Gasteiger partial charge in [0.15, 0.2) is 17.4 Å². The molecular weight excluding hydrogens is 366 g/mol. The number of aromatic nitrogens is 4. The SMILES string of the molecule is Cc1ccc(Cn2c(N)nc3c(ncn3C3OC(CO)C(O)C3O)c2=O)cc1. The summed E-state index contributed by atoms with van der Waals surface area (Å²) in [6.45, 7) is 1.76. The molecular formula is C18H21N5O5. The summed E-state index contributed by atoms with van der Waals surface area (Å²) in [4.78, 5) is 21.3. The molecule has 28 heavy (non-hydrogen) atoms. The van der Waals surface area contributed by atoms with Gasteiger partial charge in [-0.15, -0.1) is 0 Å². The summed E-state index contributed by atoms with van der Waals surface area (Å²) in [5.74, 6) is -0.00781. The number of anilines is 1. The predicted octanol–water partition coefficient (Wildman–Crippen LogP) is -0.857. The number of hydrogen-bond acceptors (Lipinski definition) is 8. The summed E-state index contributed by atoms with van der Waals surface area (Å²) in [5.41, 5.74) is 7.81. The summed E-state index contributed by atoms with van der Waals surface area (Å²) in [5, 5.41) is 29.4. The van der Waals surface area contributed by atoms with Crippen LogP contribution in [0.15, 0.2) is 35.4 Å². The van der Waals surface area contributed by atoms with Crippen LogP contribution in [0.4, 0.5) is 5.95 Å². The number of aliphatic hydroxyl groups excluding tert-OH is 3. The lowest BCUT2D eigenvalue weighted by atomic mass is 10.1. The molecule has 10 nitrogen and oxygen atoms in total. The molecule has 4 unspecified atom stereocenters. The third-order valence-electron chi connectivity index (χ3n) is 4.96. The Balaban J connectivity index is 1.74. The van der Waals surface area contributed by atoms with Crippen LogP contribution in [0, 0.1) is 6.92 Å². The first-order chi connectivity index (χ1) is 13.4. The average molecular weight is 387 g/mol. The number of imidazole rings is 1. The van der Waals surface area contributed by atoms with Gasteiger partial charge in [0.05, 0.1) is 19.5 Å². The van der Waals surface area contributed by atoms with Crippen molar-refractivity contribution in [3.8, 4) is 0 Å². The van der Waals surface area contributed by atoms with Crippen molar-refractivity contribution in [1.29, 1.82) is 0 Å². The van der Waals surface area contributed by atoms with Crippen molar-refractivity contribution in [2.24, 2.45) is 0 Å². The van der Waals surface area contributed by atoms with E-state index in [-0.39, 0.29) is 23.7 Å². The second kappa shape index (κ2) is 6.99. The standard InChI is InChI=1S/C18H21N5O5/c1-9-2-4-10(5-3-9)6-22-16(27)12-15(21-18(22)19)23(8-20-12)17-14(26)13(25)11(7-24)28-17/h2-5,8,11,13-14,17,24-26H,6-7H2,1H3,(H2,19,21). The molecule has 148 valence electrons. The van der Waals surface area contributed by atoms with E-state index in [2.05, 4.69) is 9.97 Å². The molecule has 10 heteroatoms. The van der Waals surface area contributed by atoms with Gasteiger partial charge in [-0.25, -0.2) is 4.98 Å². The Morgan fingerprint density at radius 2 is 1.93 bits per heavy atom. The van der Waals surface area contributed by atoms with Crippen molar-refractivity contribution in [3.63, 3.8) is 0 Å². The fourth-order valence-corrected chi connectivity index (χ4v) is 3.34. The van der Waals surface area contributed by atoms with E-state index in [1.54, 1.807) is 0 Å². The number of hydrogen-bond donors (Lipinski definition) is 4. The summed E-state index contributed by atoms with van der Waals surface area (Å²) < 4.78 is 8.15. The molecule has 4 rings (SSSR count). The van der Waals surface area contributed by atoms with Crippen molar-refractivity contribution < 1.29 is 20.1 Å². The minimum atomic E-state index is -1.31. The number of ether oxygens (including phenoxy) is 1. The number of aryl methyl sites for hydroxylation is 1. The normalized spacial score (nSPS) is 24.9. The minimum Gasteiger partial charge on any atom is -0.394 e. The first-order valence-electron chi connectivity index (χ1n) is 8.81. The number of rotatable bonds is 4. The van der Waals surface area contributed by atoms with Crippen LogP contribution in [0.2, 0.25) is 0 Å². The van der Waals surface area contributed by atoms with E-state index in [0.717, 1.165) is 11.1 Å². The molecule has 1 fully saturated rings. The quantitative estimate of drug-likeness (QED) is 0.452. The summed E-state index contributed by atoms with van der Waals surface area (Å²) >= 11 is 0. The van der Waals surface area contributed by atoms with Crippen LogP contribution in [0.25, 0.3) is 11.2 Å². The maximum atomic E-state index is 12.9. The fourth-order valence-electron chi connectivity index (χ4n) is 3.34. The Labute approximate surface area is 159 Å². The van der Waals surface area contributed by atoms with Gasteiger partial charge >= 0.3 is 0 Å². The van der Waals surface area contributed by atoms with Gasteiger partial charge in [0.25, 0.3) is 5.56 Å². The van der Waals surface area contributed by atoms with Crippen LogP contribution in [0.3, 0.4) is 0 Å². The van der Waals surface area contributed by atoms with Crippen LogP contribution in [0.5, 0.6) is 0 Å². The molecule has 4 atom stereocenters. The van der Waals surface area contributed by atoms with E-state index in [1.807, 2.05) is 31.2 Å². The van der Waals surface area contributed by atoms with Crippen molar-refractivity contribution in [2.45, 2.75) is 38.0 Å². The molecule has 1 saturated heterocycles. The Kier molecular flexibility index (Phi) is 4.63. The molecule has 5 N–H and O–H groups in total. The number of nitrogens with two attached hydrogens (primary N) is 1. The van der Waals surface area contributed by atoms with Gasteiger partial charge in [-0.2, -0.15) is 4.98 Å². The third-order valence-corrected chi connectivity index (χ3v) is 4.96. The van der Waals surface area contributed by atoms with E-state index in [1.165, 1.54) is 15.5 Å². The van der Waals surface area contributed by atoms with Crippen LogP contribution in [-0.4, -0.2) is 59.3 Å². The van der Waals surface area contributed by atoms with Gasteiger partial charge < -0.3 is 25.8 Å². The summed E-state index contributed by atoms with van der Waals surface area (Å²) in [6, 6.07) is 7.70. The zero-order valence-corrected chi connectivity index (χ0v) is 15.1. The molecule has 0 bridgehead atoms. The maximum Gasteiger partial charge on any atom is 0.283 e. The smallest absolute Gasteiger partial charge is 0.283 e. The zero-order chi connectivity index (χ0) is 20.0. The van der Waals surface area contributed by atoms with Gasteiger partial charge in [0.1, 0.15) is 18.3 Å². The fraction of sp³-hybridized carbons (Fsp3) is 0.389. The average Bonchev–Trinajstić information content (AvgIpc) is 3.21. The van der Waals surface area contributed by atoms with Gasteiger partial charge in [-0.3, -0.25) is 13.9 Å². The topological polar surface area (TPSA) is 149 Å². The van der Waals surface area contributed by atoms with E-state index in [0.29, 0.717) is 0 Å². The number of aliphatic hydroxyl groups is 3. The number of fused-ring (bicyclic) bond motifs is 1. The number of benzene rings is 1. The largest absolute Gasteiger partial charge is 0.394 e. The molecule has 1 aromatic carbocycles. The molecule has 2 aromatic heterocycles. The molecule has 3 aromatic rings. The highest BCUT2D eigenvalue weighted by atomic mass is 16.6. The lowest BCUT2D eigenvalue weighted by Crippen LogP contribution is -2.33. The highest BCUT2D eigenvalue weighted by Gasteiger charge is 2.44. The Morgan fingerprint density at radius 1 is 1.21 bits per heavy atom. The van der Waals surface area contributed by atoms with Crippen LogP contribution >= 0.6 is 0 Å². The van der Waals surface area contributed by atoms with Gasteiger partial charge in [-0.05, 0) is 12.5 Å². The molecule has 0 spiro atoms. The monoisotopic (exact) mass is 387 g/mol. The minimum absolute atomic E-state index is 0.00781. The van der Waals surface area contributed by atoms with Gasteiger partial charge in [0, 0.05) is 0 Å². The molecule has 0 radical (unpaired) electrons. The van der Waals surface area contributed by atoms with E-state index >= 15 is 0 Å². The van der Waals surface area contributed by atoms with Crippen LogP contribution < -0.4 is 11.3 Å². The first-order valence-corrected chi connectivity index (χ1v) is 8.81. The number of nitrogens with zero attached hydrogens (tertiary/aromatic N) is 4. The molecule has 1 aliphatic rings. The van der Waals surface area contributed by atoms with E-state index in [9.17, 15) is 20.1 Å². The lowest BCUT2D eigenvalue weighted by molar-refractivity contribution is -0.0511. The van der Waals surface area contributed by atoms with Gasteiger partial charge in [0.2, 0.25) is 5.95 Å². The zero-order valence-electron chi connectivity index (χ0n) is 15.1. The highest BCUT2D eigenvalue weighted by molar-refractivity contribution is 5.71. The Bertz CT molecular complexity index is 1060. The summed E-state index contributed by atoms with van der Waals surface area (Å²) in [7, 11) is 0. The Morgan fingerprint density at radius 3 is 2.57 bits per heavy atom. The third kappa shape index (κ3) is 2.96. The second-order valence-corrected chi connectivity index (χ2v) is 6.90. The van der Waals surface area contributed by atoms with E-state index < -0.39 is 36.7 Å². The van der Waals surface area contributed by atoms with Crippen molar-refractivity contribution in [2.75, 3.05) is 12.3 Å². The predicted molar refractivity (Wildman–Crippen MR) is 99.5 cm³/mol. The summed E-state index contributed by atoms with van der Waals surface area (Å²) in [6.07, 6.45) is -3.28. The maximum absolute atomic E-state index is 12.9. The van der Waals surface area contributed by atoms with Crippen molar-refractivity contribution in [1.82, 2.24) is 19.1 Å². The highest BCUT2D eigenvalue weighted by Crippen LogP contribution is 2.30. The van der Waals surface area contributed by atoms with Crippen LogP contribution in [-0.2, 0) is 11.3 Å². The Hall–Kier alpha value is -2.79. The van der Waals surface area contributed by atoms with Crippen molar-refractivity contribution in [3.05, 3.63) is 52.1 Å². The second-order valence-electron chi connectivity index (χ2n) is 6.90. The molecule has 0 saturated carbocycles. The van der Waals surface area contributed by atoms with Crippen molar-refractivity contribution >= 4 is 17.1 Å². The molecule has 1 aliphatic heterocycles. The van der Waals surface area contributed by atoms with Gasteiger partial charge in [-0.1, -0.05) is 29.8 Å².